The third kappa shape index (κ3) is 4.35. The molecule has 1 unspecified atom stereocenters. The van der Waals surface area contributed by atoms with E-state index in [1.54, 1.807) is 18.2 Å². The first-order valence-corrected chi connectivity index (χ1v) is 9.65. The van der Waals surface area contributed by atoms with Gasteiger partial charge in [0.05, 0.1) is 0 Å². The van der Waals surface area contributed by atoms with Crippen LogP contribution in [0.15, 0.2) is 60.7 Å². The topological polar surface area (TPSA) is 0 Å². The van der Waals surface area contributed by atoms with Crippen molar-refractivity contribution in [2.75, 3.05) is 0 Å². The van der Waals surface area contributed by atoms with Gasteiger partial charge < -0.3 is 0 Å². The van der Waals surface area contributed by atoms with Crippen molar-refractivity contribution in [3.63, 3.8) is 0 Å². The summed E-state index contributed by atoms with van der Waals surface area (Å²) in [6, 6.07) is 11.1. The van der Waals surface area contributed by atoms with Gasteiger partial charge >= 0.3 is 0 Å². The Hall–Kier alpha value is -2.29. The molecule has 0 nitrogen and oxygen atoms in total. The highest BCUT2D eigenvalue weighted by Gasteiger charge is 2.37. The Bertz CT molecular complexity index is 833. The number of aryl methyl sites for hydroxylation is 1. The number of allylic oxidation sites excluding steroid dienone is 4. The van der Waals surface area contributed by atoms with Crippen LogP contribution in [0.1, 0.15) is 55.7 Å². The lowest BCUT2D eigenvalue weighted by Crippen LogP contribution is -2.23. The predicted octanol–water partition coefficient (Wildman–Crippen LogP) is 7.30. The Morgan fingerprint density at radius 1 is 0.926 bits per heavy atom. The number of hydrogen-bond acceptors (Lipinski definition) is 0. The Balaban J connectivity index is 1.84. The quantitative estimate of drug-likeness (QED) is 0.449. The maximum atomic E-state index is 16.0. The first kappa shape index (κ1) is 19.5. The summed E-state index contributed by atoms with van der Waals surface area (Å²) in [5, 5.41) is 0. The molecule has 2 aromatic rings. The predicted molar refractivity (Wildman–Crippen MR) is 105 cm³/mol. The van der Waals surface area contributed by atoms with Crippen LogP contribution >= 0.6 is 0 Å². The number of benzene rings is 2. The van der Waals surface area contributed by atoms with E-state index < -0.39 is 17.3 Å². The van der Waals surface area contributed by atoms with Gasteiger partial charge in [-0.1, -0.05) is 74.7 Å². The molecule has 0 aromatic heterocycles. The normalized spacial score (nSPS) is 19.2. The number of unbranched alkanes of at least 4 members (excludes halogenated alkanes) is 3. The van der Waals surface area contributed by atoms with E-state index in [1.165, 1.54) is 30.9 Å². The molecule has 142 valence electrons. The van der Waals surface area contributed by atoms with Gasteiger partial charge in [-0.05, 0) is 41.7 Å². The monoisotopic (exact) mass is 370 g/mol. The first-order chi connectivity index (χ1) is 13.0. The van der Waals surface area contributed by atoms with Gasteiger partial charge in [-0.3, -0.25) is 0 Å². The molecule has 0 amide bonds. The van der Waals surface area contributed by atoms with Gasteiger partial charge in [-0.25, -0.2) is 13.2 Å². The molecule has 0 heterocycles. The molecule has 2 aromatic carbocycles. The zero-order valence-electron chi connectivity index (χ0n) is 15.7. The van der Waals surface area contributed by atoms with Crippen LogP contribution in [0.3, 0.4) is 0 Å². The minimum absolute atomic E-state index is 0.174. The molecule has 27 heavy (non-hydrogen) atoms. The maximum absolute atomic E-state index is 16.0. The maximum Gasteiger partial charge on any atom is 0.165 e. The molecule has 1 aliphatic carbocycles. The molecule has 0 aliphatic heterocycles. The second-order valence-corrected chi connectivity index (χ2v) is 7.15. The van der Waals surface area contributed by atoms with E-state index in [9.17, 15) is 8.78 Å². The fourth-order valence-electron chi connectivity index (χ4n) is 3.59. The van der Waals surface area contributed by atoms with E-state index in [0.717, 1.165) is 25.0 Å². The highest BCUT2D eigenvalue weighted by molar-refractivity contribution is 5.76. The van der Waals surface area contributed by atoms with Gasteiger partial charge in [0.1, 0.15) is 0 Å². The minimum Gasteiger partial charge on any atom is -0.233 e. The number of alkyl halides is 1. The fourth-order valence-corrected chi connectivity index (χ4v) is 3.59. The zero-order valence-corrected chi connectivity index (χ0v) is 15.7. The second kappa shape index (κ2) is 8.60. The smallest absolute Gasteiger partial charge is 0.165 e. The van der Waals surface area contributed by atoms with Crippen LogP contribution < -0.4 is 0 Å². The van der Waals surface area contributed by atoms with Crippen molar-refractivity contribution < 1.29 is 13.2 Å². The van der Waals surface area contributed by atoms with Crippen LogP contribution in [-0.4, -0.2) is 0 Å². The first-order valence-electron chi connectivity index (χ1n) is 9.65. The summed E-state index contributed by atoms with van der Waals surface area (Å²) in [5.41, 5.74) is 0.715. The molecule has 0 bridgehead atoms. The number of rotatable bonds is 7. The second-order valence-electron chi connectivity index (χ2n) is 7.15. The summed E-state index contributed by atoms with van der Waals surface area (Å²) >= 11 is 0. The third-order valence-electron chi connectivity index (χ3n) is 5.19. The molecule has 0 fully saturated rings. The lowest BCUT2D eigenvalue weighted by atomic mass is 9.78. The molecule has 3 heteroatoms. The van der Waals surface area contributed by atoms with E-state index >= 15 is 4.39 Å². The van der Waals surface area contributed by atoms with Crippen molar-refractivity contribution in [3.8, 4) is 0 Å². The molecule has 0 saturated heterocycles. The van der Waals surface area contributed by atoms with E-state index in [4.69, 9.17) is 0 Å². The molecule has 0 N–H and O–H groups in total. The highest BCUT2D eigenvalue weighted by atomic mass is 19.2. The molecular weight excluding hydrogens is 345 g/mol. The van der Waals surface area contributed by atoms with Crippen molar-refractivity contribution in [1.82, 2.24) is 0 Å². The summed E-state index contributed by atoms with van der Waals surface area (Å²) < 4.78 is 43.0. The highest BCUT2D eigenvalue weighted by Crippen LogP contribution is 2.45. The summed E-state index contributed by atoms with van der Waals surface area (Å²) in [6.45, 7) is 2.19. The Morgan fingerprint density at radius 3 is 2.41 bits per heavy atom. The largest absolute Gasteiger partial charge is 0.233 e. The summed E-state index contributed by atoms with van der Waals surface area (Å²) in [4.78, 5) is 0. The van der Waals surface area contributed by atoms with E-state index in [-0.39, 0.29) is 6.42 Å². The van der Waals surface area contributed by atoms with Crippen LogP contribution in [0, 0.1) is 11.6 Å². The van der Waals surface area contributed by atoms with Gasteiger partial charge in [-0.2, -0.15) is 0 Å². The lowest BCUT2D eigenvalue weighted by Gasteiger charge is -2.30. The van der Waals surface area contributed by atoms with Crippen LogP contribution in [0.2, 0.25) is 0 Å². The molecule has 1 aliphatic rings. The van der Waals surface area contributed by atoms with Gasteiger partial charge in [0.15, 0.2) is 17.3 Å². The molecule has 0 radical (unpaired) electrons. The molecule has 0 spiro atoms. The molecule has 3 rings (SSSR count). The van der Waals surface area contributed by atoms with Gasteiger partial charge in [0.2, 0.25) is 0 Å². The minimum atomic E-state index is -1.75. The molecule has 1 atom stereocenters. The van der Waals surface area contributed by atoms with Crippen LogP contribution in [0.25, 0.3) is 5.57 Å². The zero-order chi connectivity index (χ0) is 19.3. The Morgan fingerprint density at radius 2 is 1.70 bits per heavy atom. The van der Waals surface area contributed by atoms with Crippen molar-refractivity contribution in [3.05, 3.63) is 89.0 Å². The van der Waals surface area contributed by atoms with Crippen molar-refractivity contribution >= 4 is 5.57 Å². The van der Waals surface area contributed by atoms with E-state index in [1.807, 2.05) is 24.3 Å². The standard InChI is InChI=1S/C24H25F3/c1-2-3-4-5-8-18-10-13-20(14-11-18)24(27)16-7-6-9-21(24)19-12-15-22(25)23(26)17-19/h6-7,9-15,17H,2-5,8,16H2,1H3. The average Bonchev–Trinajstić information content (AvgIpc) is 2.68. The molecule has 0 saturated carbocycles. The average molecular weight is 370 g/mol. The number of hydrogen-bond donors (Lipinski definition) is 0. The lowest BCUT2D eigenvalue weighted by molar-refractivity contribution is 0.249. The SMILES string of the molecule is CCCCCCc1ccc(C2(F)CC=CC=C2c2ccc(F)c(F)c2)cc1. The van der Waals surface area contributed by atoms with Gasteiger partial charge in [0.25, 0.3) is 0 Å². The third-order valence-corrected chi connectivity index (χ3v) is 5.19. The van der Waals surface area contributed by atoms with Crippen LogP contribution in [0.4, 0.5) is 13.2 Å². The van der Waals surface area contributed by atoms with Crippen LogP contribution in [0.5, 0.6) is 0 Å². The number of halogens is 3. The molecular formula is C24H25F3. The Labute approximate surface area is 159 Å². The summed E-state index contributed by atoms with van der Waals surface area (Å²) in [6.07, 6.45) is 11.1. The van der Waals surface area contributed by atoms with Crippen molar-refractivity contribution in [2.24, 2.45) is 0 Å². The van der Waals surface area contributed by atoms with Crippen LogP contribution in [-0.2, 0) is 12.1 Å². The fraction of sp³-hybridized carbons (Fsp3) is 0.333. The van der Waals surface area contributed by atoms with Crippen molar-refractivity contribution in [2.45, 2.75) is 51.1 Å². The summed E-state index contributed by atoms with van der Waals surface area (Å²) in [7, 11) is 0. The van der Waals surface area contributed by atoms with Crippen molar-refractivity contribution in [1.29, 1.82) is 0 Å². The summed E-state index contributed by atoms with van der Waals surface area (Å²) in [5.74, 6) is -1.89. The van der Waals surface area contributed by atoms with Gasteiger partial charge in [-0.15, -0.1) is 0 Å². The van der Waals surface area contributed by atoms with E-state index in [2.05, 4.69) is 6.92 Å². The van der Waals surface area contributed by atoms with E-state index in [0.29, 0.717) is 16.7 Å². The Kier molecular flexibility index (Phi) is 6.20. The van der Waals surface area contributed by atoms with Gasteiger partial charge in [0, 0.05) is 12.0 Å².